The number of aromatic nitrogens is 4. The van der Waals surface area contributed by atoms with Crippen molar-refractivity contribution in [3.05, 3.63) is 66.4 Å². The molecule has 0 amide bonds. The van der Waals surface area contributed by atoms with Crippen LogP contribution >= 0.6 is 0 Å². The lowest BCUT2D eigenvalue weighted by Gasteiger charge is -2.12. The molecule has 30 heavy (non-hydrogen) atoms. The number of nitrogens with one attached hydrogen (secondary N) is 1. The Bertz CT molecular complexity index is 1390. The molecule has 0 aliphatic heterocycles. The Morgan fingerprint density at radius 2 is 1.90 bits per heavy atom. The van der Waals surface area contributed by atoms with E-state index in [-0.39, 0.29) is 22.2 Å². The number of pyridine rings is 1. The van der Waals surface area contributed by atoms with E-state index in [9.17, 15) is 18.1 Å². The monoisotopic (exact) mass is 424 g/mol. The number of nitrogens with zero attached hydrogens (tertiary/aromatic N) is 5. The van der Waals surface area contributed by atoms with Crippen molar-refractivity contribution in [3.63, 3.8) is 0 Å². The van der Waals surface area contributed by atoms with Gasteiger partial charge in [0.05, 0.1) is 23.9 Å². The first-order chi connectivity index (χ1) is 14.4. The molecule has 0 aliphatic rings. The predicted octanol–water partition coefficient (Wildman–Crippen LogP) is 2.61. The Labute approximate surface area is 170 Å². The van der Waals surface area contributed by atoms with E-state index in [2.05, 4.69) is 19.8 Å². The number of methoxy groups -OCH3 is 1. The van der Waals surface area contributed by atoms with Crippen LogP contribution in [0.15, 0.2) is 59.8 Å². The summed E-state index contributed by atoms with van der Waals surface area (Å²) in [6, 6.07) is 11.3. The fourth-order valence-corrected chi connectivity index (χ4v) is 3.80. The van der Waals surface area contributed by atoms with Crippen molar-refractivity contribution >= 4 is 21.4 Å². The normalized spacial score (nSPS) is 11.2. The van der Waals surface area contributed by atoms with Gasteiger partial charge in [0, 0.05) is 11.8 Å². The molecule has 1 N–H and O–H groups in total. The summed E-state index contributed by atoms with van der Waals surface area (Å²) in [4.78, 5) is 8.10. The van der Waals surface area contributed by atoms with Crippen LogP contribution in [0.4, 0.5) is 10.1 Å². The summed E-state index contributed by atoms with van der Waals surface area (Å²) in [6.45, 7) is 0. The number of hydrogen-bond donors (Lipinski definition) is 1. The average Bonchev–Trinajstić information content (AvgIpc) is 3.16. The molecule has 0 saturated carbocycles. The first kappa shape index (κ1) is 19.3. The van der Waals surface area contributed by atoms with Gasteiger partial charge in [-0.2, -0.15) is 10.4 Å². The van der Waals surface area contributed by atoms with E-state index in [4.69, 9.17) is 4.74 Å². The van der Waals surface area contributed by atoms with Crippen LogP contribution in [-0.2, 0) is 10.0 Å². The second-order valence-corrected chi connectivity index (χ2v) is 7.77. The number of benzene rings is 1. The van der Waals surface area contributed by atoms with Crippen molar-refractivity contribution in [2.75, 3.05) is 11.8 Å². The van der Waals surface area contributed by atoms with Crippen molar-refractivity contribution in [1.82, 2.24) is 19.6 Å². The van der Waals surface area contributed by atoms with Crippen LogP contribution in [0, 0.1) is 17.1 Å². The Morgan fingerprint density at radius 3 is 2.60 bits per heavy atom. The van der Waals surface area contributed by atoms with Crippen molar-refractivity contribution in [3.8, 4) is 23.2 Å². The molecular formula is C19H13FN6O3S. The Kier molecular flexibility index (Phi) is 4.77. The Hall–Kier alpha value is -4.04. The van der Waals surface area contributed by atoms with Crippen LogP contribution in [0.3, 0.4) is 0 Å². The summed E-state index contributed by atoms with van der Waals surface area (Å²) in [5.74, 6) is -0.501. The Morgan fingerprint density at radius 1 is 1.13 bits per heavy atom. The molecule has 3 aromatic heterocycles. The number of hydrogen-bond acceptors (Lipinski definition) is 7. The van der Waals surface area contributed by atoms with E-state index in [1.807, 2.05) is 6.07 Å². The molecule has 9 nitrogen and oxygen atoms in total. The third-order valence-electron chi connectivity index (χ3n) is 4.19. The SMILES string of the molecule is COc1ncc(-c2ccc3ncc(C#N)n3n2)cc1NS(=O)(=O)c1ccc(F)cc1. The highest BCUT2D eigenvalue weighted by atomic mass is 32.2. The number of imidazole rings is 1. The number of ether oxygens (including phenoxy) is 1. The molecule has 0 unspecified atom stereocenters. The molecular weight excluding hydrogens is 411 g/mol. The molecule has 0 atom stereocenters. The van der Waals surface area contributed by atoms with Gasteiger partial charge >= 0.3 is 0 Å². The smallest absolute Gasteiger partial charge is 0.262 e. The number of fused-ring (bicyclic) bond motifs is 1. The molecule has 150 valence electrons. The predicted molar refractivity (Wildman–Crippen MR) is 105 cm³/mol. The van der Waals surface area contributed by atoms with Crippen LogP contribution in [0.25, 0.3) is 16.9 Å². The van der Waals surface area contributed by atoms with E-state index in [0.717, 1.165) is 24.3 Å². The first-order valence-electron chi connectivity index (χ1n) is 8.49. The minimum Gasteiger partial charge on any atom is -0.480 e. The molecule has 0 bridgehead atoms. The minimum absolute atomic E-state index is 0.0471. The zero-order valence-electron chi connectivity index (χ0n) is 15.4. The van der Waals surface area contributed by atoms with Crippen LogP contribution in [-0.4, -0.2) is 35.1 Å². The molecule has 0 saturated heterocycles. The molecule has 0 fully saturated rings. The van der Waals surface area contributed by atoms with E-state index < -0.39 is 15.8 Å². The van der Waals surface area contributed by atoms with Crippen molar-refractivity contribution < 1.29 is 17.5 Å². The highest BCUT2D eigenvalue weighted by molar-refractivity contribution is 7.92. The van der Waals surface area contributed by atoms with Crippen LogP contribution in [0.5, 0.6) is 5.88 Å². The number of rotatable bonds is 5. The summed E-state index contributed by atoms with van der Waals surface area (Å²) in [6.07, 6.45) is 2.87. The fraction of sp³-hybridized carbons (Fsp3) is 0.0526. The van der Waals surface area contributed by atoms with Crippen LogP contribution < -0.4 is 9.46 Å². The average molecular weight is 424 g/mol. The van der Waals surface area contributed by atoms with Gasteiger partial charge in [0.2, 0.25) is 5.88 Å². The second kappa shape index (κ2) is 7.41. The number of sulfonamides is 1. The van der Waals surface area contributed by atoms with Gasteiger partial charge in [-0.05, 0) is 42.5 Å². The minimum atomic E-state index is -4.01. The van der Waals surface area contributed by atoms with Gasteiger partial charge in [-0.3, -0.25) is 4.72 Å². The topological polar surface area (TPSA) is 122 Å². The zero-order chi connectivity index (χ0) is 21.3. The maximum Gasteiger partial charge on any atom is 0.262 e. The summed E-state index contributed by atoms with van der Waals surface area (Å²) in [5, 5.41) is 13.5. The molecule has 0 aliphatic carbocycles. The maximum absolute atomic E-state index is 13.1. The van der Waals surface area contributed by atoms with Crippen molar-refractivity contribution in [2.24, 2.45) is 0 Å². The van der Waals surface area contributed by atoms with E-state index in [0.29, 0.717) is 16.9 Å². The standard InChI is InChI=1S/C19H13FN6O3S/c1-29-19-17(25-30(27,28)15-4-2-13(20)3-5-15)8-12(10-23-19)16-6-7-18-22-11-14(9-21)26(18)24-16/h2-8,10-11,25H,1H3. The number of anilines is 1. The molecule has 0 spiro atoms. The van der Waals surface area contributed by atoms with Crippen molar-refractivity contribution in [1.29, 1.82) is 5.26 Å². The van der Waals surface area contributed by atoms with Crippen LogP contribution in [0.2, 0.25) is 0 Å². The zero-order valence-corrected chi connectivity index (χ0v) is 16.3. The molecule has 4 rings (SSSR count). The largest absolute Gasteiger partial charge is 0.480 e. The first-order valence-corrected chi connectivity index (χ1v) is 9.97. The summed E-state index contributed by atoms with van der Waals surface area (Å²) < 4.78 is 47.4. The quantitative estimate of drug-likeness (QED) is 0.522. The van der Waals surface area contributed by atoms with Crippen LogP contribution in [0.1, 0.15) is 5.69 Å². The molecule has 11 heteroatoms. The molecule has 4 aromatic rings. The van der Waals surface area contributed by atoms with Gasteiger partial charge in [0.1, 0.15) is 17.6 Å². The van der Waals surface area contributed by atoms with E-state index in [1.54, 1.807) is 12.1 Å². The van der Waals surface area contributed by atoms with E-state index in [1.165, 1.54) is 30.1 Å². The molecule has 3 heterocycles. The second-order valence-electron chi connectivity index (χ2n) is 6.08. The lowest BCUT2D eigenvalue weighted by Crippen LogP contribution is -2.14. The fourth-order valence-electron chi connectivity index (χ4n) is 2.75. The van der Waals surface area contributed by atoms with Gasteiger partial charge in [0.25, 0.3) is 10.0 Å². The number of halogens is 1. The van der Waals surface area contributed by atoms with Gasteiger partial charge < -0.3 is 4.74 Å². The third-order valence-corrected chi connectivity index (χ3v) is 5.57. The highest BCUT2D eigenvalue weighted by Gasteiger charge is 2.19. The molecule has 0 radical (unpaired) electrons. The summed E-state index contributed by atoms with van der Waals surface area (Å²) in [7, 11) is -2.66. The van der Waals surface area contributed by atoms with Gasteiger partial charge in [-0.15, -0.1) is 0 Å². The Balaban J connectivity index is 1.76. The van der Waals surface area contributed by atoms with Gasteiger partial charge in [0.15, 0.2) is 11.3 Å². The lowest BCUT2D eigenvalue weighted by atomic mass is 10.2. The molecule has 1 aromatic carbocycles. The van der Waals surface area contributed by atoms with Gasteiger partial charge in [-0.25, -0.2) is 27.3 Å². The lowest BCUT2D eigenvalue weighted by molar-refractivity contribution is 0.400. The van der Waals surface area contributed by atoms with Crippen molar-refractivity contribution in [2.45, 2.75) is 4.90 Å². The van der Waals surface area contributed by atoms with Gasteiger partial charge in [-0.1, -0.05) is 0 Å². The summed E-state index contributed by atoms with van der Waals surface area (Å²) >= 11 is 0. The summed E-state index contributed by atoms with van der Waals surface area (Å²) in [5.41, 5.74) is 1.74. The maximum atomic E-state index is 13.1. The highest BCUT2D eigenvalue weighted by Crippen LogP contribution is 2.29. The van der Waals surface area contributed by atoms with E-state index >= 15 is 0 Å². The number of nitriles is 1. The third kappa shape index (κ3) is 3.51.